The van der Waals surface area contributed by atoms with Crippen LogP contribution in [-0.2, 0) is 4.79 Å². The molecule has 16 heavy (non-hydrogen) atoms. The third-order valence-electron chi connectivity index (χ3n) is 2.01. The highest BCUT2D eigenvalue weighted by atomic mass is 16.5. The van der Waals surface area contributed by atoms with Gasteiger partial charge < -0.3 is 10.5 Å². The Morgan fingerprint density at radius 3 is 2.62 bits per heavy atom. The minimum atomic E-state index is 0.250. The van der Waals surface area contributed by atoms with Crippen LogP contribution < -0.4 is 20.9 Å². The molecule has 1 aromatic carbocycles. The molecular weight excluding hydrogens is 202 g/mol. The van der Waals surface area contributed by atoms with Crippen molar-refractivity contribution in [3.8, 4) is 5.75 Å². The number of nitrogens with two attached hydrogens (primary N) is 1. The van der Waals surface area contributed by atoms with Crippen molar-refractivity contribution >= 4 is 19.1 Å². The zero-order chi connectivity index (χ0) is 12.4. The van der Waals surface area contributed by atoms with E-state index in [0.717, 1.165) is 29.0 Å². The summed E-state index contributed by atoms with van der Waals surface area (Å²) in [5.74, 6) is 0.918. The predicted octanol–water partition coefficient (Wildman–Crippen LogP) is 0.788. The van der Waals surface area contributed by atoms with Crippen molar-refractivity contribution in [3.63, 3.8) is 0 Å². The van der Waals surface area contributed by atoms with E-state index in [1.165, 1.54) is 0 Å². The third kappa shape index (κ3) is 4.64. The molecule has 88 valence electrons. The van der Waals surface area contributed by atoms with Gasteiger partial charge in [-0.1, -0.05) is 38.1 Å². The quantitative estimate of drug-likeness (QED) is 0.767. The molecule has 0 fully saturated rings. The number of ether oxygens (including phenoxy) is 1. The first-order valence-corrected chi connectivity index (χ1v) is 5.18. The highest BCUT2D eigenvalue weighted by Gasteiger charge is 1.92. The normalized spacial score (nSPS) is 10.2. The zero-order valence-corrected chi connectivity index (χ0v) is 9.90. The molecule has 0 saturated heterocycles. The molecule has 0 atom stereocenters. The summed E-state index contributed by atoms with van der Waals surface area (Å²) < 4.78 is 5.25. The van der Waals surface area contributed by atoms with Gasteiger partial charge in [-0.2, -0.15) is 0 Å². The Kier molecular flexibility index (Phi) is 7.59. The Morgan fingerprint density at radius 1 is 1.50 bits per heavy atom. The van der Waals surface area contributed by atoms with Gasteiger partial charge in [-0.15, -0.1) is 0 Å². The summed E-state index contributed by atoms with van der Waals surface area (Å²) in [6.45, 7) is 6.13. The highest BCUT2D eigenvalue weighted by Crippen LogP contribution is 1.98. The minimum Gasteiger partial charge on any atom is -0.496 e. The number of hydrogen-bond acceptors (Lipinski definition) is 2. The topological polar surface area (TPSA) is 52.3 Å². The summed E-state index contributed by atoms with van der Waals surface area (Å²) in [7, 11) is 1.69. The number of methoxy groups -OCH3 is 1. The average Bonchev–Trinajstić information content (AvgIpc) is 2.28. The Morgan fingerprint density at radius 2 is 2.12 bits per heavy atom. The Labute approximate surface area is 96.2 Å². The van der Waals surface area contributed by atoms with Crippen LogP contribution >= 0.6 is 0 Å². The van der Waals surface area contributed by atoms with Crippen molar-refractivity contribution in [1.82, 2.24) is 0 Å². The van der Waals surface area contributed by atoms with Crippen LogP contribution in [0.25, 0.3) is 12.7 Å². The van der Waals surface area contributed by atoms with Crippen LogP contribution in [0.4, 0.5) is 0 Å². The van der Waals surface area contributed by atoms with E-state index in [4.69, 9.17) is 9.53 Å². The Balaban J connectivity index is 0.000000673. The smallest absolute Gasteiger partial charge is 0.204 e. The second kappa shape index (κ2) is 8.53. The van der Waals surface area contributed by atoms with Gasteiger partial charge in [0.25, 0.3) is 0 Å². The van der Waals surface area contributed by atoms with Crippen molar-refractivity contribution in [2.75, 3.05) is 7.11 Å². The van der Waals surface area contributed by atoms with E-state index in [-0.39, 0.29) is 6.41 Å². The lowest BCUT2D eigenvalue weighted by Crippen LogP contribution is -2.24. The summed E-state index contributed by atoms with van der Waals surface area (Å²) in [6, 6.07) is 5.94. The fraction of sp³-hybridized carbons (Fsp3) is 0.308. The number of rotatable bonds is 3. The van der Waals surface area contributed by atoms with E-state index >= 15 is 0 Å². The number of primary amides is 1. The first kappa shape index (κ1) is 14.2. The van der Waals surface area contributed by atoms with Gasteiger partial charge in [0.2, 0.25) is 6.41 Å². The van der Waals surface area contributed by atoms with E-state index in [1.807, 2.05) is 18.2 Å². The Bertz CT molecular complexity index is 412. The molecule has 3 heteroatoms. The number of amides is 1. The molecule has 0 aromatic heterocycles. The summed E-state index contributed by atoms with van der Waals surface area (Å²) in [6.07, 6.45) is 4.65. The van der Waals surface area contributed by atoms with E-state index in [0.29, 0.717) is 0 Å². The molecule has 1 amide bonds. The van der Waals surface area contributed by atoms with Crippen molar-refractivity contribution in [2.45, 2.75) is 19.8 Å². The average molecular weight is 221 g/mol. The lowest BCUT2D eigenvalue weighted by atomic mass is 10.2. The van der Waals surface area contributed by atoms with Crippen molar-refractivity contribution < 1.29 is 9.53 Å². The van der Waals surface area contributed by atoms with Crippen LogP contribution in [0.3, 0.4) is 0 Å². The van der Waals surface area contributed by atoms with Crippen molar-refractivity contribution in [2.24, 2.45) is 5.73 Å². The van der Waals surface area contributed by atoms with E-state index < -0.39 is 0 Å². The van der Waals surface area contributed by atoms with Gasteiger partial charge in [0.15, 0.2) is 0 Å². The van der Waals surface area contributed by atoms with Crippen LogP contribution in [-0.4, -0.2) is 13.5 Å². The largest absolute Gasteiger partial charge is 0.496 e. The second-order valence-electron chi connectivity index (χ2n) is 3.16. The monoisotopic (exact) mass is 221 g/mol. The highest BCUT2D eigenvalue weighted by molar-refractivity contribution is 5.42. The molecular formula is C13H19NO2. The number of carbonyl (C=O) groups excluding carboxylic acids is 1. The fourth-order valence-electron chi connectivity index (χ4n) is 1.29. The summed E-state index contributed by atoms with van der Waals surface area (Å²) in [5, 5.41) is 2.17. The van der Waals surface area contributed by atoms with Gasteiger partial charge in [0.05, 0.1) is 7.11 Å². The minimum absolute atomic E-state index is 0.250. The maximum absolute atomic E-state index is 8.58. The molecule has 0 bridgehead atoms. The predicted molar refractivity (Wildman–Crippen MR) is 67.4 cm³/mol. The molecule has 3 nitrogen and oxygen atoms in total. The van der Waals surface area contributed by atoms with Crippen LogP contribution in [0.2, 0.25) is 0 Å². The van der Waals surface area contributed by atoms with E-state index in [2.05, 4.69) is 25.3 Å². The molecule has 1 rings (SSSR count). The van der Waals surface area contributed by atoms with Crippen LogP contribution in [0.15, 0.2) is 18.2 Å². The van der Waals surface area contributed by atoms with Gasteiger partial charge in [0.1, 0.15) is 5.75 Å². The number of unbranched alkanes of at least 4 members (excludes halogenated alkanes) is 1. The van der Waals surface area contributed by atoms with Crippen LogP contribution in [0.1, 0.15) is 19.8 Å². The molecule has 1 aromatic rings. The van der Waals surface area contributed by atoms with Gasteiger partial charge >= 0.3 is 0 Å². The molecule has 0 spiro atoms. The first-order chi connectivity index (χ1) is 7.71. The van der Waals surface area contributed by atoms with Crippen LogP contribution in [0.5, 0.6) is 5.75 Å². The summed E-state index contributed by atoms with van der Waals surface area (Å²) in [4.78, 5) is 8.58. The SMILES string of the molecule is C=c1cccc(OC)/c1=C/CCC.NC=O. The standard InChI is InChI=1S/C12H16O.CH3NO/c1-4-5-8-11-10(2)7-6-9-12(11)13-3;2-1-3/h6-9H,2,4-5H2,1,3H3;1H,(H2,2,3)/b11-8+;. The van der Waals surface area contributed by atoms with Gasteiger partial charge in [-0.05, 0) is 17.7 Å². The van der Waals surface area contributed by atoms with E-state index in [1.54, 1.807) is 7.11 Å². The van der Waals surface area contributed by atoms with Gasteiger partial charge in [-0.25, -0.2) is 0 Å². The fourth-order valence-corrected chi connectivity index (χ4v) is 1.29. The second-order valence-corrected chi connectivity index (χ2v) is 3.16. The molecule has 0 heterocycles. The van der Waals surface area contributed by atoms with E-state index in [9.17, 15) is 0 Å². The first-order valence-electron chi connectivity index (χ1n) is 5.18. The molecule has 0 saturated carbocycles. The molecule has 0 aliphatic carbocycles. The number of carbonyl (C=O) groups is 1. The number of benzene rings is 1. The molecule has 2 N–H and O–H groups in total. The van der Waals surface area contributed by atoms with Crippen molar-refractivity contribution in [3.05, 3.63) is 28.6 Å². The lowest BCUT2D eigenvalue weighted by Gasteiger charge is -2.00. The molecule has 0 radical (unpaired) electrons. The third-order valence-corrected chi connectivity index (χ3v) is 2.01. The lowest BCUT2D eigenvalue weighted by molar-refractivity contribution is -0.106. The van der Waals surface area contributed by atoms with Crippen LogP contribution in [0, 0.1) is 0 Å². The summed E-state index contributed by atoms with van der Waals surface area (Å²) in [5.41, 5.74) is 4.17. The molecule has 0 unspecified atom stereocenters. The molecule has 0 aliphatic rings. The number of hydrogen-bond donors (Lipinski definition) is 1. The molecule has 0 aliphatic heterocycles. The summed E-state index contributed by atoms with van der Waals surface area (Å²) >= 11 is 0. The van der Waals surface area contributed by atoms with Crippen molar-refractivity contribution in [1.29, 1.82) is 0 Å². The van der Waals surface area contributed by atoms with Gasteiger partial charge in [0, 0.05) is 5.22 Å². The van der Waals surface area contributed by atoms with Gasteiger partial charge in [-0.3, -0.25) is 4.79 Å². The maximum Gasteiger partial charge on any atom is 0.204 e. The zero-order valence-electron chi connectivity index (χ0n) is 9.90. The Hall–Kier alpha value is -1.77. The maximum atomic E-state index is 8.58.